The molecule has 0 fully saturated rings. The molecule has 3 N–H and O–H groups in total. The molecule has 0 saturated carbocycles. The number of hydrogen-bond donors (Lipinski definition) is 3. The molecule has 0 saturated heterocycles. The van der Waals surface area contributed by atoms with E-state index in [2.05, 4.69) is 16.0 Å². The second-order valence-electron chi connectivity index (χ2n) is 4.34. The smallest absolute Gasteiger partial charge is 0.319 e. The van der Waals surface area contributed by atoms with Crippen LogP contribution in [0.5, 0.6) is 0 Å². The lowest BCUT2D eigenvalue weighted by molar-refractivity contribution is -0.123. The third-order valence-corrected chi connectivity index (χ3v) is 2.32. The molecule has 0 aromatic heterocycles. The number of nitrogens with one attached hydrogen (secondary N) is 3. The lowest BCUT2D eigenvalue weighted by Gasteiger charge is -2.09. The first-order valence-electron chi connectivity index (χ1n) is 6.07. The summed E-state index contributed by atoms with van der Waals surface area (Å²) >= 11 is 0. The van der Waals surface area contributed by atoms with Crippen LogP contribution in [-0.2, 0) is 4.79 Å². The number of amides is 3. The fraction of sp³-hybridized carbons (Fsp3) is 0.385. The number of halogens is 1. The zero-order valence-corrected chi connectivity index (χ0v) is 11.0. The molecule has 19 heavy (non-hydrogen) atoms. The van der Waals surface area contributed by atoms with Gasteiger partial charge in [0.1, 0.15) is 5.82 Å². The van der Waals surface area contributed by atoms with Gasteiger partial charge in [-0.2, -0.15) is 0 Å². The van der Waals surface area contributed by atoms with Gasteiger partial charge in [0.05, 0.1) is 0 Å². The third kappa shape index (κ3) is 5.85. The normalized spacial score (nSPS) is 10.1. The SMILES string of the molecule is CC(C)C(=O)NCCNC(=O)Nc1cccc(F)c1. The van der Waals surface area contributed by atoms with E-state index in [9.17, 15) is 14.0 Å². The molecule has 0 bridgehead atoms. The van der Waals surface area contributed by atoms with Gasteiger partial charge in [-0.05, 0) is 18.2 Å². The molecule has 0 aliphatic heterocycles. The number of carbonyl (C=O) groups excluding carboxylic acids is 2. The summed E-state index contributed by atoms with van der Waals surface area (Å²) in [7, 11) is 0. The molecule has 1 rings (SSSR count). The van der Waals surface area contributed by atoms with E-state index in [1.807, 2.05) is 0 Å². The maximum absolute atomic E-state index is 12.9. The maximum Gasteiger partial charge on any atom is 0.319 e. The molecule has 0 heterocycles. The lowest BCUT2D eigenvalue weighted by atomic mass is 10.2. The Morgan fingerprint density at radius 1 is 1.21 bits per heavy atom. The summed E-state index contributed by atoms with van der Waals surface area (Å²) in [6.45, 7) is 4.24. The molecule has 1 aromatic carbocycles. The summed E-state index contributed by atoms with van der Waals surface area (Å²) in [6.07, 6.45) is 0. The maximum atomic E-state index is 12.9. The zero-order valence-electron chi connectivity index (χ0n) is 11.0. The highest BCUT2D eigenvalue weighted by molar-refractivity contribution is 5.89. The van der Waals surface area contributed by atoms with Crippen molar-refractivity contribution in [1.29, 1.82) is 0 Å². The van der Waals surface area contributed by atoms with Gasteiger partial charge in [0.15, 0.2) is 0 Å². The van der Waals surface area contributed by atoms with Gasteiger partial charge in [-0.1, -0.05) is 19.9 Å². The van der Waals surface area contributed by atoms with Crippen molar-refractivity contribution in [3.8, 4) is 0 Å². The molecule has 0 unspecified atom stereocenters. The number of hydrogen-bond acceptors (Lipinski definition) is 2. The molecule has 5 nitrogen and oxygen atoms in total. The van der Waals surface area contributed by atoms with E-state index in [-0.39, 0.29) is 11.8 Å². The van der Waals surface area contributed by atoms with Crippen LogP contribution in [0.25, 0.3) is 0 Å². The van der Waals surface area contributed by atoms with Crippen LogP contribution in [0.3, 0.4) is 0 Å². The van der Waals surface area contributed by atoms with Crippen LogP contribution in [-0.4, -0.2) is 25.0 Å². The molecule has 3 amide bonds. The van der Waals surface area contributed by atoms with Crippen molar-refractivity contribution in [2.24, 2.45) is 5.92 Å². The van der Waals surface area contributed by atoms with Gasteiger partial charge in [0.2, 0.25) is 5.91 Å². The topological polar surface area (TPSA) is 70.2 Å². The van der Waals surface area contributed by atoms with Crippen LogP contribution < -0.4 is 16.0 Å². The van der Waals surface area contributed by atoms with E-state index >= 15 is 0 Å². The Kier molecular flexibility index (Phi) is 5.78. The fourth-order valence-corrected chi connectivity index (χ4v) is 1.31. The first-order chi connectivity index (χ1) is 8.99. The van der Waals surface area contributed by atoms with E-state index in [4.69, 9.17) is 0 Å². The van der Waals surface area contributed by atoms with Gasteiger partial charge in [-0.25, -0.2) is 9.18 Å². The summed E-state index contributed by atoms with van der Waals surface area (Å²) in [6, 6.07) is 5.17. The van der Waals surface area contributed by atoms with Crippen LogP contribution in [0.1, 0.15) is 13.8 Å². The minimum Gasteiger partial charge on any atom is -0.354 e. The van der Waals surface area contributed by atoms with E-state index in [0.29, 0.717) is 18.8 Å². The summed E-state index contributed by atoms with van der Waals surface area (Å²) in [4.78, 5) is 22.7. The van der Waals surface area contributed by atoms with Gasteiger partial charge in [-0.15, -0.1) is 0 Å². The van der Waals surface area contributed by atoms with Gasteiger partial charge < -0.3 is 16.0 Å². The number of carbonyl (C=O) groups is 2. The van der Waals surface area contributed by atoms with Crippen molar-refractivity contribution < 1.29 is 14.0 Å². The van der Waals surface area contributed by atoms with Crippen LogP contribution in [0.15, 0.2) is 24.3 Å². The van der Waals surface area contributed by atoms with E-state index < -0.39 is 11.8 Å². The molecular formula is C13H18FN3O2. The van der Waals surface area contributed by atoms with Crippen LogP contribution in [0.4, 0.5) is 14.9 Å². The largest absolute Gasteiger partial charge is 0.354 e. The molecular weight excluding hydrogens is 249 g/mol. The van der Waals surface area contributed by atoms with E-state index in [0.717, 1.165) is 0 Å². The molecule has 6 heteroatoms. The molecule has 0 spiro atoms. The molecule has 0 atom stereocenters. The Morgan fingerprint density at radius 2 is 1.89 bits per heavy atom. The number of anilines is 1. The van der Waals surface area contributed by atoms with Crippen molar-refractivity contribution >= 4 is 17.6 Å². The van der Waals surface area contributed by atoms with E-state index in [1.165, 1.54) is 18.2 Å². The van der Waals surface area contributed by atoms with Crippen molar-refractivity contribution in [2.45, 2.75) is 13.8 Å². The summed E-state index contributed by atoms with van der Waals surface area (Å²) in [5.41, 5.74) is 0.378. The first-order valence-corrected chi connectivity index (χ1v) is 6.07. The van der Waals surface area contributed by atoms with Crippen molar-refractivity contribution in [3.05, 3.63) is 30.1 Å². The number of rotatable bonds is 5. The first kappa shape index (κ1) is 14.9. The Bertz CT molecular complexity index is 449. The van der Waals surface area contributed by atoms with Crippen LogP contribution >= 0.6 is 0 Å². The number of urea groups is 1. The minimum absolute atomic E-state index is 0.0626. The Hall–Kier alpha value is -2.11. The Labute approximate surface area is 111 Å². The lowest BCUT2D eigenvalue weighted by Crippen LogP contribution is -2.38. The standard InChI is InChI=1S/C13H18FN3O2/c1-9(2)12(18)15-6-7-16-13(19)17-11-5-3-4-10(14)8-11/h3-5,8-9H,6-7H2,1-2H3,(H,15,18)(H2,16,17,19). The van der Waals surface area contributed by atoms with Crippen molar-refractivity contribution in [3.63, 3.8) is 0 Å². The quantitative estimate of drug-likeness (QED) is 0.711. The Balaban J connectivity index is 2.23. The predicted octanol–water partition coefficient (Wildman–Crippen LogP) is 1.72. The van der Waals surface area contributed by atoms with Gasteiger partial charge >= 0.3 is 6.03 Å². The molecule has 0 aliphatic rings. The number of benzene rings is 1. The third-order valence-electron chi connectivity index (χ3n) is 2.32. The highest BCUT2D eigenvalue weighted by atomic mass is 19.1. The second kappa shape index (κ2) is 7.35. The average Bonchev–Trinajstić information content (AvgIpc) is 2.34. The van der Waals surface area contributed by atoms with Gasteiger partial charge in [0.25, 0.3) is 0 Å². The summed E-state index contributed by atoms with van der Waals surface area (Å²) in [5.74, 6) is -0.560. The minimum atomic E-state index is -0.440. The van der Waals surface area contributed by atoms with Gasteiger partial charge in [0, 0.05) is 24.7 Å². The van der Waals surface area contributed by atoms with Crippen LogP contribution in [0.2, 0.25) is 0 Å². The average molecular weight is 267 g/mol. The predicted molar refractivity (Wildman–Crippen MR) is 71.3 cm³/mol. The monoisotopic (exact) mass is 267 g/mol. The molecule has 0 radical (unpaired) electrons. The second-order valence-corrected chi connectivity index (χ2v) is 4.34. The molecule has 104 valence electrons. The summed E-state index contributed by atoms with van der Waals surface area (Å²) in [5, 5.41) is 7.72. The van der Waals surface area contributed by atoms with Crippen molar-refractivity contribution in [2.75, 3.05) is 18.4 Å². The highest BCUT2D eigenvalue weighted by Gasteiger charge is 2.06. The Morgan fingerprint density at radius 3 is 2.53 bits per heavy atom. The van der Waals surface area contributed by atoms with Crippen LogP contribution in [0, 0.1) is 11.7 Å². The molecule has 1 aromatic rings. The van der Waals surface area contributed by atoms with Crippen molar-refractivity contribution in [1.82, 2.24) is 10.6 Å². The summed E-state index contributed by atoms with van der Waals surface area (Å²) < 4.78 is 12.9. The fourth-order valence-electron chi connectivity index (χ4n) is 1.31. The zero-order chi connectivity index (χ0) is 14.3. The van der Waals surface area contributed by atoms with E-state index in [1.54, 1.807) is 19.9 Å². The van der Waals surface area contributed by atoms with Gasteiger partial charge in [-0.3, -0.25) is 4.79 Å². The molecule has 0 aliphatic carbocycles. The highest BCUT2D eigenvalue weighted by Crippen LogP contribution is 2.08.